The van der Waals surface area contributed by atoms with Gasteiger partial charge in [0.25, 0.3) is 5.91 Å². The molecule has 7 heteroatoms. The third-order valence-electron chi connectivity index (χ3n) is 4.33. The van der Waals surface area contributed by atoms with Gasteiger partial charge in [-0.25, -0.2) is 4.79 Å². The van der Waals surface area contributed by atoms with E-state index in [1.165, 1.54) is 11.3 Å². The van der Waals surface area contributed by atoms with Crippen LogP contribution in [0.1, 0.15) is 29.8 Å². The van der Waals surface area contributed by atoms with Gasteiger partial charge >= 0.3 is 6.16 Å². The molecule has 3 rings (SSSR count). The van der Waals surface area contributed by atoms with Gasteiger partial charge in [-0.05, 0) is 56.2 Å². The Morgan fingerprint density at radius 1 is 1.10 bits per heavy atom. The second-order valence-corrected chi connectivity index (χ2v) is 8.20. The molecule has 29 heavy (non-hydrogen) atoms. The molecule has 1 heterocycles. The fraction of sp³-hybridized carbons (Fsp3) is 0.182. The second kappa shape index (κ2) is 8.68. The number of thiophene rings is 1. The number of carboxylic acid groups (broad SMARTS) is 1. The molecule has 0 saturated heterocycles. The van der Waals surface area contributed by atoms with Crippen molar-refractivity contribution in [1.29, 1.82) is 0 Å². The van der Waals surface area contributed by atoms with E-state index in [0.717, 1.165) is 16.0 Å². The molecule has 0 saturated carbocycles. The lowest BCUT2D eigenvalue weighted by atomic mass is 10.1. The van der Waals surface area contributed by atoms with Crippen LogP contribution in [0.15, 0.2) is 54.6 Å². The smallest absolute Gasteiger partial charge is 0.449 e. The van der Waals surface area contributed by atoms with Crippen LogP contribution in [-0.4, -0.2) is 23.2 Å². The number of nitrogens with zero attached hydrogens (tertiary/aromatic N) is 1. The first-order valence-corrected chi connectivity index (χ1v) is 10.2. The predicted octanol–water partition coefficient (Wildman–Crippen LogP) is 6.49. The normalized spacial score (nSPS) is 10.8. The molecule has 5 nitrogen and oxygen atoms in total. The van der Waals surface area contributed by atoms with Crippen LogP contribution in [0.25, 0.3) is 10.4 Å². The quantitative estimate of drug-likeness (QED) is 0.471. The summed E-state index contributed by atoms with van der Waals surface area (Å²) in [6, 6.07) is 16.2. The van der Waals surface area contributed by atoms with Crippen molar-refractivity contribution < 1.29 is 19.4 Å². The van der Waals surface area contributed by atoms with Crippen molar-refractivity contribution in [3.8, 4) is 15.5 Å². The van der Waals surface area contributed by atoms with Crippen molar-refractivity contribution in [2.24, 2.45) is 0 Å². The minimum atomic E-state index is -1.42. The summed E-state index contributed by atoms with van der Waals surface area (Å²) in [4.78, 5) is 27.0. The number of ether oxygens (including phenoxy) is 1. The number of aryl methyl sites for hydroxylation is 1. The van der Waals surface area contributed by atoms with Crippen molar-refractivity contribution in [2.45, 2.75) is 26.8 Å². The molecule has 1 amide bonds. The minimum Gasteiger partial charge on any atom is -0.449 e. The molecule has 150 valence electrons. The lowest BCUT2D eigenvalue weighted by Crippen LogP contribution is -2.37. The van der Waals surface area contributed by atoms with Gasteiger partial charge in [-0.1, -0.05) is 53.3 Å². The Morgan fingerprint density at radius 2 is 1.79 bits per heavy atom. The van der Waals surface area contributed by atoms with Crippen LogP contribution >= 0.6 is 22.9 Å². The number of benzene rings is 2. The number of amides is 1. The second-order valence-electron chi connectivity index (χ2n) is 6.75. The SMILES string of the molecule is Cc1cc(Cl)ccc1C(=O)N(c1cc(-c2ccccc2)sc1OC(=O)O)C(C)C. The topological polar surface area (TPSA) is 66.8 Å². The molecule has 0 radical (unpaired) electrons. The number of rotatable bonds is 5. The van der Waals surface area contributed by atoms with Gasteiger partial charge in [0.1, 0.15) is 0 Å². The third kappa shape index (κ3) is 4.60. The summed E-state index contributed by atoms with van der Waals surface area (Å²) in [5.41, 5.74) is 2.58. The van der Waals surface area contributed by atoms with E-state index >= 15 is 0 Å². The maximum Gasteiger partial charge on any atom is 0.512 e. The summed E-state index contributed by atoms with van der Waals surface area (Å²) in [5, 5.41) is 9.89. The molecule has 0 fully saturated rings. The standard InChI is InChI=1S/C22H20ClNO4S/c1-13(2)24(20(25)17-10-9-16(23)11-14(17)3)18-12-19(15-7-5-4-6-8-15)29-21(18)28-22(26)27/h4-13H,1-3H3,(H,26,27). The van der Waals surface area contributed by atoms with Gasteiger partial charge < -0.3 is 14.7 Å². The van der Waals surface area contributed by atoms with Gasteiger partial charge in [0.15, 0.2) is 0 Å². The van der Waals surface area contributed by atoms with E-state index in [9.17, 15) is 14.7 Å². The van der Waals surface area contributed by atoms with E-state index in [0.29, 0.717) is 16.3 Å². The van der Waals surface area contributed by atoms with Crippen molar-refractivity contribution in [3.05, 3.63) is 70.7 Å². The largest absolute Gasteiger partial charge is 0.512 e. The zero-order valence-corrected chi connectivity index (χ0v) is 17.8. The van der Waals surface area contributed by atoms with Crippen LogP contribution < -0.4 is 9.64 Å². The summed E-state index contributed by atoms with van der Waals surface area (Å²) in [5.74, 6) is -0.248. The van der Waals surface area contributed by atoms with Crippen molar-refractivity contribution in [1.82, 2.24) is 0 Å². The highest BCUT2D eigenvalue weighted by Crippen LogP contribution is 2.44. The molecule has 0 aliphatic carbocycles. The third-order valence-corrected chi connectivity index (χ3v) is 5.62. The van der Waals surface area contributed by atoms with Crippen molar-refractivity contribution in [2.75, 3.05) is 4.90 Å². The van der Waals surface area contributed by atoms with Crippen LogP contribution in [0.5, 0.6) is 5.06 Å². The maximum atomic E-state index is 13.4. The zero-order chi connectivity index (χ0) is 21.1. The van der Waals surface area contributed by atoms with Gasteiger partial charge in [0.2, 0.25) is 5.06 Å². The zero-order valence-electron chi connectivity index (χ0n) is 16.2. The molecule has 0 unspecified atom stereocenters. The molecule has 0 bridgehead atoms. The number of carbonyl (C=O) groups is 2. The summed E-state index contributed by atoms with van der Waals surface area (Å²) in [6.07, 6.45) is -1.42. The Bertz CT molecular complexity index is 1050. The summed E-state index contributed by atoms with van der Waals surface area (Å²) < 4.78 is 5.03. The molecular weight excluding hydrogens is 410 g/mol. The van der Waals surface area contributed by atoms with Gasteiger partial charge in [0, 0.05) is 21.5 Å². The van der Waals surface area contributed by atoms with E-state index in [1.807, 2.05) is 51.1 Å². The Labute approximate surface area is 178 Å². The Kier molecular flexibility index (Phi) is 6.25. The van der Waals surface area contributed by atoms with E-state index < -0.39 is 6.16 Å². The van der Waals surface area contributed by atoms with Crippen LogP contribution in [0.2, 0.25) is 5.02 Å². The molecule has 1 aromatic heterocycles. The van der Waals surface area contributed by atoms with Crippen molar-refractivity contribution in [3.63, 3.8) is 0 Å². The summed E-state index contributed by atoms with van der Waals surface area (Å²) >= 11 is 7.21. The molecular formula is C22H20ClNO4S. The lowest BCUT2D eigenvalue weighted by Gasteiger charge is -2.27. The Morgan fingerprint density at radius 3 is 2.38 bits per heavy atom. The highest BCUT2D eigenvalue weighted by molar-refractivity contribution is 7.18. The molecule has 0 aliphatic rings. The summed E-state index contributed by atoms with van der Waals surface area (Å²) in [6.45, 7) is 5.55. The Balaban J connectivity index is 2.11. The van der Waals surface area contributed by atoms with E-state index in [-0.39, 0.29) is 17.0 Å². The lowest BCUT2D eigenvalue weighted by molar-refractivity contribution is 0.0977. The highest BCUT2D eigenvalue weighted by Gasteiger charge is 2.28. The first-order chi connectivity index (χ1) is 13.8. The first-order valence-electron chi connectivity index (χ1n) is 8.97. The monoisotopic (exact) mass is 429 g/mol. The average molecular weight is 430 g/mol. The minimum absolute atomic E-state index is 0.157. The van der Waals surface area contributed by atoms with Crippen LogP contribution in [0, 0.1) is 6.92 Å². The molecule has 0 atom stereocenters. The number of anilines is 1. The maximum absolute atomic E-state index is 13.4. The predicted molar refractivity (Wildman–Crippen MR) is 117 cm³/mol. The van der Waals surface area contributed by atoms with Crippen LogP contribution in [-0.2, 0) is 0 Å². The van der Waals surface area contributed by atoms with E-state index in [2.05, 4.69) is 0 Å². The van der Waals surface area contributed by atoms with Crippen LogP contribution in [0.3, 0.4) is 0 Å². The molecule has 0 spiro atoms. The number of hydrogen-bond acceptors (Lipinski definition) is 4. The fourth-order valence-electron chi connectivity index (χ4n) is 3.05. The van der Waals surface area contributed by atoms with E-state index in [1.54, 1.807) is 29.2 Å². The average Bonchev–Trinajstić information content (AvgIpc) is 3.05. The van der Waals surface area contributed by atoms with Crippen LogP contribution in [0.4, 0.5) is 10.5 Å². The van der Waals surface area contributed by atoms with E-state index in [4.69, 9.17) is 16.3 Å². The molecule has 1 N–H and O–H groups in total. The number of halogens is 1. The molecule has 0 aliphatic heterocycles. The van der Waals surface area contributed by atoms with Crippen molar-refractivity contribution >= 4 is 40.7 Å². The van der Waals surface area contributed by atoms with Gasteiger partial charge in [-0.15, -0.1) is 0 Å². The molecule has 2 aromatic carbocycles. The number of hydrogen-bond donors (Lipinski definition) is 1. The number of carbonyl (C=O) groups excluding carboxylic acids is 1. The first kappa shape index (κ1) is 20.9. The van der Waals surface area contributed by atoms with Gasteiger partial charge in [-0.2, -0.15) is 0 Å². The summed E-state index contributed by atoms with van der Waals surface area (Å²) in [7, 11) is 0. The van der Waals surface area contributed by atoms with Gasteiger partial charge in [-0.3, -0.25) is 4.79 Å². The van der Waals surface area contributed by atoms with Gasteiger partial charge in [0.05, 0.1) is 5.69 Å². The fourth-order valence-corrected chi connectivity index (χ4v) is 4.27. The highest BCUT2D eigenvalue weighted by atomic mass is 35.5. The Hall–Kier alpha value is -2.83. The molecule has 3 aromatic rings.